The molecule has 0 bridgehead atoms. The number of thioether (sulfide) groups is 1. The van der Waals surface area contributed by atoms with Crippen LogP contribution in [0.3, 0.4) is 0 Å². The van der Waals surface area contributed by atoms with Gasteiger partial charge in [0.05, 0.1) is 4.91 Å². The van der Waals surface area contributed by atoms with Crippen LogP contribution >= 0.6 is 45.9 Å². The molecule has 23 heavy (non-hydrogen) atoms. The average Bonchev–Trinajstić information content (AvgIpc) is 3.14. The summed E-state index contributed by atoms with van der Waals surface area (Å²) in [4.78, 5) is 12.2. The number of carbonyl (C=O) groups excluding carboxylic acids is 1. The lowest BCUT2D eigenvalue weighted by atomic mass is 10.1. The van der Waals surface area contributed by atoms with Crippen molar-refractivity contribution in [2.45, 2.75) is 4.71 Å². The summed E-state index contributed by atoms with van der Waals surface area (Å²) in [6.07, 6.45) is 1.66. The summed E-state index contributed by atoms with van der Waals surface area (Å²) in [7, 11) is 0. The molecule has 1 atom stereocenters. The largest absolute Gasteiger partial charge is 0.748 e. The number of carbonyl (C=O) groups is 1. The molecule has 120 valence electrons. The van der Waals surface area contributed by atoms with Gasteiger partial charge in [0.15, 0.2) is 0 Å². The second-order valence-corrected chi connectivity index (χ2v) is 7.80. The van der Waals surface area contributed by atoms with Gasteiger partial charge in [-0.15, -0.1) is 12.6 Å². The number of furan rings is 1. The Morgan fingerprint density at radius 3 is 2.65 bits per heavy atom. The number of amides is 1. The lowest BCUT2D eigenvalue weighted by molar-refractivity contribution is -0.116. The SMILES string of the molecule is O=IN([O-])c1ccc(-c2ccc(/C=C3/SC(S)NC3=O)o2)cc1. The standard InChI is InChI=1S/C14H10IN2O4S2/c18-13-12(23-14(22)16-13)7-10-5-6-11(21-10)8-1-3-9(4-2-8)17(20)15-19/h1-7,14,22H,(H,16,18)/q-1/b12-7+. The number of hydrogen-bond donors (Lipinski definition) is 2. The molecule has 1 aromatic heterocycles. The highest BCUT2D eigenvalue weighted by Crippen LogP contribution is 2.32. The Kier molecular flexibility index (Phi) is 5.09. The number of nitrogens with zero attached hydrogens (tertiary/aromatic N) is 1. The number of thiol groups is 1. The van der Waals surface area contributed by atoms with Crippen LogP contribution in [0.15, 0.2) is 45.7 Å². The molecule has 0 aliphatic carbocycles. The Bertz CT molecular complexity index is 775. The van der Waals surface area contributed by atoms with Crippen LogP contribution in [-0.2, 0) is 7.86 Å². The van der Waals surface area contributed by atoms with Gasteiger partial charge in [0.1, 0.15) is 16.2 Å². The molecule has 2 heterocycles. The predicted octanol–water partition coefficient (Wildman–Crippen LogP) is 3.90. The van der Waals surface area contributed by atoms with Gasteiger partial charge < -0.3 is 18.2 Å². The molecule has 1 amide bonds. The third kappa shape index (κ3) is 3.79. The van der Waals surface area contributed by atoms with Crippen LogP contribution in [0, 0.1) is 5.21 Å². The van der Waals surface area contributed by atoms with E-state index in [-0.39, 0.29) is 10.6 Å². The average molecular weight is 461 g/mol. The fraction of sp³-hybridized carbons (Fsp3) is 0.0714. The summed E-state index contributed by atoms with van der Waals surface area (Å²) in [5.41, 5.74) is 1.13. The first-order chi connectivity index (χ1) is 11.1. The summed E-state index contributed by atoms with van der Waals surface area (Å²) < 4.78 is 16.6. The monoisotopic (exact) mass is 461 g/mol. The maximum atomic E-state index is 11.6. The molecular weight excluding hydrogens is 451 g/mol. The van der Waals surface area contributed by atoms with Crippen molar-refractivity contribution in [2.75, 3.05) is 3.28 Å². The molecular formula is C14H10IN2O4S2-. The van der Waals surface area contributed by atoms with Gasteiger partial charge in [0, 0.05) is 17.3 Å². The molecule has 1 unspecified atom stereocenters. The maximum absolute atomic E-state index is 11.6. The van der Waals surface area contributed by atoms with Crippen molar-refractivity contribution >= 4 is 63.5 Å². The van der Waals surface area contributed by atoms with Gasteiger partial charge in [-0.1, -0.05) is 11.8 Å². The fourth-order valence-electron chi connectivity index (χ4n) is 1.98. The van der Waals surface area contributed by atoms with Crippen molar-refractivity contribution in [3.05, 3.63) is 52.3 Å². The van der Waals surface area contributed by atoms with Crippen molar-refractivity contribution < 1.29 is 12.3 Å². The molecule has 1 aliphatic rings. The van der Waals surface area contributed by atoms with E-state index in [1.54, 1.807) is 42.5 Å². The first-order valence-corrected chi connectivity index (χ1v) is 9.63. The summed E-state index contributed by atoms with van der Waals surface area (Å²) >= 11 is 3.74. The van der Waals surface area contributed by atoms with E-state index in [0.29, 0.717) is 25.4 Å². The minimum atomic E-state index is -1.76. The summed E-state index contributed by atoms with van der Waals surface area (Å²) in [5, 5.41) is 14.0. The van der Waals surface area contributed by atoms with Crippen LogP contribution in [-0.4, -0.2) is 10.6 Å². The van der Waals surface area contributed by atoms with Gasteiger partial charge in [-0.2, -0.15) is 0 Å². The highest BCUT2D eigenvalue weighted by Gasteiger charge is 2.24. The normalized spacial score (nSPS) is 19.1. The van der Waals surface area contributed by atoms with Crippen LogP contribution in [0.25, 0.3) is 17.4 Å². The highest BCUT2D eigenvalue weighted by molar-refractivity contribution is 14.1. The fourth-order valence-corrected chi connectivity index (χ4v) is 3.75. The highest BCUT2D eigenvalue weighted by atomic mass is 127. The van der Waals surface area contributed by atoms with Gasteiger partial charge in [-0.25, -0.2) is 3.07 Å². The number of nitrogens with one attached hydrogen (secondary N) is 1. The lowest BCUT2D eigenvalue weighted by Crippen LogP contribution is -2.19. The molecule has 1 fully saturated rings. The van der Waals surface area contributed by atoms with E-state index in [9.17, 15) is 13.1 Å². The third-order valence-electron chi connectivity index (χ3n) is 3.03. The van der Waals surface area contributed by atoms with E-state index >= 15 is 0 Å². The smallest absolute Gasteiger partial charge is 0.262 e. The molecule has 6 nitrogen and oxygen atoms in total. The molecule has 3 rings (SSSR count). The molecule has 0 radical (unpaired) electrons. The zero-order chi connectivity index (χ0) is 16.4. The molecule has 0 spiro atoms. The minimum absolute atomic E-state index is 0.172. The molecule has 1 aliphatic heterocycles. The summed E-state index contributed by atoms with van der Waals surface area (Å²) in [6, 6.07) is 10.2. The van der Waals surface area contributed by atoms with E-state index in [1.165, 1.54) is 11.8 Å². The molecule has 1 aromatic carbocycles. The van der Waals surface area contributed by atoms with Crippen LogP contribution in [0.5, 0.6) is 0 Å². The van der Waals surface area contributed by atoms with Crippen molar-refractivity contribution in [3.63, 3.8) is 0 Å². The second-order valence-electron chi connectivity index (χ2n) is 4.51. The topological polar surface area (TPSA) is 85.6 Å². The lowest BCUT2D eigenvalue weighted by Gasteiger charge is -2.20. The van der Waals surface area contributed by atoms with Crippen molar-refractivity contribution in [1.29, 1.82) is 0 Å². The van der Waals surface area contributed by atoms with E-state index in [4.69, 9.17) is 4.42 Å². The van der Waals surface area contributed by atoms with E-state index in [2.05, 4.69) is 17.9 Å². The molecule has 9 heteroatoms. The van der Waals surface area contributed by atoms with E-state index in [1.807, 2.05) is 0 Å². The number of halogens is 1. The Balaban J connectivity index is 1.81. The quantitative estimate of drug-likeness (QED) is 0.236. The Hall–Kier alpha value is -1.30. The predicted molar refractivity (Wildman–Crippen MR) is 101 cm³/mol. The number of hydrogen-bond acceptors (Lipinski definition) is 6. The van der Waals surface area contributed by atoms with Gasteiger partial charge in [0.25, 0.3) is 27.4 Å². The third-order valence-corrected chi connectivity index (χ3v) is 5.29. The number of anilines is 1. The Labute approximate surface area is 152 Å². The summed E-state index contributed by atoms with van der Waals surface area (Å²) in [5.74, 6) is 0.997. The molecule has 0 saturated carbocycles. The molecule has 1 saturated heterocycles. The summed E-state index contributed by atoms with van der Waals surface area (Å²) in [6.45, 7) is 0. The zero-order valence-corrected chi connectivity index (χ0v) is 15.3. The Morgan fingerprint density at radius 2 is 2.04 bits per heavy atom. The zero-order valence-electron chi connectivity index (χ0n) is 11.4. The van der Waals surface area contributed by atoms with Gasteiger partial charge in [-0.3, -0.25) is 4.79 Å². The van der Waals surface area contributed by atoms with Crippen LogP contribution in [0.1, 0.15) is 5.76 Å². The molecule has 1 N–H and O–H groups in total. The van der Waals surface area contributed by atoms with Crippen molar-refractivity contribution in [3.8, 4) is 11.3 Å². The molecule has 2 aromatic rings. The van der Waals surface area contributed by atoms with E-state index in [0.717, 1.165) is 5.56 Å². The maximum Gasteiger partial charge on any atom is 0.262 e. The van der Waals surface area contributed by atoms with Crippen molar-refractivity contribution in [1.82, 2.24) is 5.32 Å². The Morgan fingerprint density at radius 1 is 1.30 bits per heavy atom. The first-order valence-electron chi connectivity index (χ1n) is 6.39. The van der Waals surface area contributed by atoms with Gasteiger partial charge in [0.2, 0.25) is 0 Å². The second kappa shape index (κ2) is 7.07. The number of rotatable bonds is 4. The minimum Gasteiger partial charge on any atom is -0.748 e. The van der Waals surface area contributed by atoms with Crippen LogP contribution in [0.4, 0.5) is 5.69 Å². The van der Waals surface area contributed by atoms with Crippen molar-refractivity contribution in [2.24, 2.45) is 0 Å². The number of benzene rings is 1. The van der Waals surface area contributed by atoms with Crippen LogP contribution < -0.4 is 8.59 Å². The van der Waals surface area contributed by atoms with Crippen LogP contribution in [0.2, 0.25) is 0 Å². The van der Waals surface area contributed by atoms with E-state index < -0.39 is 21.5 Å². The first kappa shape index (κ1) is 16.6. The van der Waals surface area contributed by atoms with Gasteiger partial charge >= 0.3 is 0 Å². The van der Waals surface area contributed by atoms with Gasteiger partial charge in [-0.05, 0) is 36.4 Å².